The van der Waals surface area contributed by atoms with Crippen LogP contribution >= 0.6 is 0 Å². The highest BCUT2D eigenvalue weighted by Crippen LogP contribution is 2.45. The number of fused-ring (bicyclic) bond motifs is 1. The van der Waals surface area contributed by atoms with Crippen molar-refractivity contribution >= 4 is 5.78 Å². The highest BCUT2D eigenvalue weighted by atomic mass is 16.5. The van der Waals surface area contributed by atoms with E-state index in [1.165, 1.54) is 19.2 Å². The number of phenolic OH excluding ortho intramolecular Hbond substituents is 3. The van der Waals surface area contributed by atoms with Gasteiger partial charge in [-0.3, -0.25) is 4.79 Å². The number of aromatic hydroxyl groups is 3. The normalized spacial score (nSPS) is 15.7. The zero-order valence-corrected chi connectivity index (χ0v) is 15.4. The molecule has 2 aromatic carbocycles. The molecule has 0 aliphatic carbocycles. The highest BCUT2D eigenvalue weighted by molar-refractivity contribution is 6.07. The van der Waals surface area contributed by atoms with Crippen molar-refractivity contribution in [2.75, 3.05) is 13.7 Å². The van der Waals surface area contributed by atoms with Gasteiger partial charge in [-0.1, -0.05) is 17.7 Å². The summed E-state index contributed by atoms with van der Waals surface area (Å²) in [6.07, 6.45) is 2.14. The molecule has 3 rings (SSSR count). The molecule has 0 saturated heterocycles. The summed E-state index contributed by atoms with van der Waals surface area (Å²) < 4.78 is 10.7. The predicted octanol–water partition coefficient (Wildman–Crippen LogP) is 3.68. The largest absolute Gasteiger partial charge is 0.508 e. The fraction of sp³-hybridized carbons (Fsp3) is 0.286. The summed E-state index contributed by atoms with van der Waals surface area (Å²) in [4.78, 5) is 13.1. The zero-order chi connectivity index (χ0) is 19.7. The van der Waals surface area contributed by atoms with E-state index in [1.807, 2.05) is 19.9 Å². The van der Waals surface area contributed by atoms with Crippen LogP contribution in [0.1, 0.15) is 41.3 Å². The number of hydrogen-bond acceptors (Lipinski definition) is 6. The second-order valence-electron chi connectivity index (χ2n) is 6.73. The second-order valence-corrected chi connectivity index (χ2v) is 6.73. The summed E-state index contributed by atoms with van der Waals surface area (Å²) in [5.74, 6) is -1.02. The Labute approximate surface area is 157 Å². The molecule has 0 saturated carbocycles. The highest BCUT2D eigenvalue weighted by Gasteiger charge is 2.35. The van der Waals surface area contributed by atoms with Crippen molar-refractivity contribution in [1.82, 2.24) is 0 Å². The van der Waals surface area contributed by atoms with Gasteiger partial charge in [0.25, 0.3) is 0 Å². The zero-order valence-electron chi connectivity index (χ0n) is 15.4. The lowest BCUT2D eigenvalue weighted by Gasteiger charge is -2.26. The quantitative estimate of drug-likeness (QED) is 0.711. The molecule has 0 radical (unpaired) electrons. The van der Waals surface area contributed by atoms with Crippen LogP contribution in [0.2, 0.25) is 0 Å². The molecule has 0 amide bonds. The first-order valence-electron chi connectivity index (χ1n) is 8.58. The third kappa shape index (κ3) is 3.43. The van der Waals surface area contributed by atoms with Crippen molar-refractivity contribution in [3.8, 4) is 28.7 Å². The standard InChI is InChI=1S/C21H22O6/c1-11(2)4-6-14-17(23)9-18-19(20(14)24)21(25)15(10-27-18)13-7-5-12(26-3)8-16(13)22/h4-5,7-9,15,22-24H,6,10H2,1-3H3. The SMILES string of the molecule is COc1ccc(C2COc3cc(O)c(CC=C(C)C)c(O)c3C2=O)c(O)c1. The third-order valence-corrected chi connectivity index (χ3v) is 4.64. The average Bonchev–Trinajstić information content (AvgIpc) is 2.61. The molecule has 1 aliphatic heterocycles. The maximum atomic E-state index is 13.1. The number of ether oxygens (including phenoxy) is 2. The van der Waals surface area contributed by atoms with E-state index in [-0.39, 0.29) is 46.5 Å². The van der Waals surface area contributed by atoms with Crippen molar-refractivity contribution in [1.29, 1.82) is 0 Å². The molecule has 0 spiro atoms. The van der Waals surface area contributed by atoms with Crippen LogP contribution in [0.5, 0.6) is 28.7 Å². The van der Waals surface area contributed by atoms with E-state index < -0.39 is 5.92 Å². The number of carbonyl (C=O) groups excluding carboxylic acids is 1. The number of phenols is 3. The fourth-order valence-corrected chi connectivity index (χ4v) is 3.13. The number of hydrogen-bond donors (Lipinski definition) is 3. The van der Waals surface area contributed by atoms with Gasteiger partial charge in [-0.05, 0) is 26.3 Å². The van der Waals surface area contributed by atoms with Gasteiger partial charge in [-0.15, -0.1) is 0 Å². The smallest absolute Gasteiger partial charge is 0.181 e. The number of methoxy groups -OCH3 is 1. The van der Waals surface area contributed by atoms with Crippen LogP contribution in [-0.4, -0.2) is 34.8 Å². The van der Waals surface area contributed by atoms with Crippen LogP contribution in [0, 0.1) is 0 Å². The first-order valence-corrected chi connectivity index (χ1v) is 8.58. The topological polar surface area (TPSA) is 96.2 Å². The van der Waals surface area contributed by atoms with E-state index in [0.29, 0.717) is 17.7 Å². The van der Waals surface area contributed by atoms with Crippen LogP contribution in [0.15, 0.2) is 35.9 Å². The summed E-state index contributed by atoms with van der Waals surface area (Å²) in [6, 6.07) is 6.03. The monoisotopic (exact) mass is 370 g/mol. The van der Waals surface area contributed by atoms with Crippen molar-refractivity contribution in [3.05, 3.63) is 52.6 Å². The van der Waals surface area contributed by atoms with Gasteiger partial charge in [-0.25, -0.2) is 0 Å². The van der Waals surface area contributed by atoms with Crippen molar-refractivity contribution < 1.29 is 29.6 Å². The summed E-state index contributed by atoms with van der Waals surface area (Å²) in [5.41, 5.74) is 1.71. The Hall–Kier alpha value is -3.15. The molecule has 6 nitrogen and oxygen atoms in total. The molecule has 1 atom stereocenters. The number of rotatable bonds is 4. The molecule has 3 N–H and O–H groups in total. The first-order chi connectivity index (χ1) is 12.8. The van der Waals surface area contributed by atoms with Crippen LogP contribution < -0.4 is 9.47 Å². The van der Waals surface area contributed by atoms with Crippen LogP contribution in [0.4, 0.5) is 0 Å². The molecular formula is C21H22O6. The van der Waals surface area contributed by atoms with Gasteiger partial charge in [0.1, 0.15) is 40.9 Å². The van der Waals surface area contributed by atoms with E-state index in [2.05, 4.69) is 0 Å². The molecule has 0 fully saturated rings. The first kappa shape index (κ1) is 18.6. The van der Waals surface area contributed by atoms with Gasteiger partial charge in [0.05, 0.1) is 13.0 Å². The molecule has 1 heterocycles. The Morgan fingerprint density at radius 1 is 1.22 bits per heavy atom. The molecular weight excluding hydrogens is 348 g/mol. The Balaban J connectivity index is 2.04. The Morgan fingerprint density at radius 3 is 2.59 bits per heavy atom. The summed E-state index contributed by atoms with van der Waals surface area (Å²) in [6.45, 7) is 3.81. The lowest BCUT2D eigenvalue weighted by molar-refractivity contribution is 0.0889. The molecule has 1 aliphatic rings. The van der Waals surface area contributed by atoms with Crippen molar-refractivity contribution in [2.24, 2.45) is 0 Å². The molecule has 0 bridgehead atoms. The minimum absolute atomic E-state index is 0.00206. The number of Topliss-reactive ketones (excluding diaryl/α,β-unsaturated/α-hetero) is 1. The van der Waals surface area contributed by atoms with Crippen LogP contribution in [0.25, 0.3) is 0 Å². The number of carbonyl (C=O) groups is 1. The van der Waals surface area contributed by atoms with E-state index in [0.717, 1.165) is 5.57 Å². The van der Waals surface area contributed by atoms with Gasteiger partial charge in [0, 0.05) is 23.3 Å². The van der Waals surface area contributed by atoms with E-state index >= 15 is 0 Å². The van der Waals surface area contributed by atoms with Crippen LogP contribution in [0.3, 0.4) is 0 Å². The maximum Gasteiger partial charge on any atom is 0.181 e. The number of ketones is 1. The molecule has 1 unspecified atom stereocenters. The average molecular weight is 370 g/mol. The second kappa shape index (κ2) is 7.23. The van der Waals surface area contributed by atoms with Crippen molar-refractivity contribution in [3.63, 3.8) is 0 Å². The Kier molecular flexibility index (Phi) is 4.99. The molecule has 142 valence electrons. The predicted molar refractivity (Wildman–Crippen MR) is 100 cm³/mol. The van der Waals surface area contributed by atoms with Gasteiger partial charge < -0.3 is 24.8 Å². The van der Waals surface area contributed by atoms with Gasteiger partial charge in [0.2, 0.25) is 0 Å². The van der Waals surface area contributed by atoms with E-state index in [9.17, 15) is 20.1 Å². The fourth-order valence-electron chi connectivity index (χ4n) is 3.13. The summed E-state index contributed by atoms with van der Waals surface area (Å²) >= 11 is 0. The maximum absolute atomic E-state index is 13.1. The molecule has 27 heavy (non-hydrogen) atoms. The van der Waals surface area contributed by atoms with Crippen LogP contribution in [-0.2, 0) is 6.42 Å². The minimum Gasteiger partial charge on any atom is -0.508 e. The van der Waals surface area contributed by atoms with Gasteiger partial charge >= 0.3 is 0 Å². The molecule has 2 aromatic rings. The van der Waals surface area contributed by atoms with Gasteiger partial charge in [0.15, 0.2) is 5.78 Å². The minimum atomic E-state index is -0.768. The summed E-state index contributed by atoms with van der Waals surface area (Å²) in [5, 5.41) is 31.1. The third-order valence-electron chi connectivity index (χ3n) is 4.64. The lowest BCUT2D eigenvalue weighted by atomic mass is 9.86. The van der Waals surface area contributed by atoms with E-state index in [4.69, 9.17) is 9.47 Å². The lowest BCUT2D eigenvalue weighted by Crippen LogP contribution is -2.26. The summed E-state index contributed by atoms with van der Waals surface area (Å²) in [7, 11) is 1.48. The van der Waals surface area contributed by atoms with E-state index in [1.54, 1.807) is 12.1 Å². The Bertz CT molecular complexity index is 925. The number of benzene rings is 2. The van der Waals surface area contributed by atoms with Gasteiger partial charge in [-0.2, -0.15) is 0 Å². The van der Waals surface area contributed by atoms with Crippen molar-refractivity contribution in [2.45, 2.75) is 26.2 Å². The Morgan fingerprint density at radius 2 is 1.96 bits per heavy atom. The molecule has 0 aromatic heterocycles. The number of allylic oxidation sites excluding steroid dienone is 2. The molecule has 6 heteroatoms.